The van der Waals surface area contributed by atoms with Gasteiger partial charge in [0.25, 0.3) is 0 Å². The number of ether oxygens (including phenoxy) is 2. The number of carboxylic acid groups (broad SMARTS) is 1. The van der Waals surface area contributed by atoms with E-state index < -0.39 is 34.8 Å². The maximum absolute atomic E-state index is 11.7. The molecular formula is C14H25NO6S. The van der Waals surface area contributed by atoms with E-state index in [-0.39, 0.29) is 5.92 Å². The molecule has 0 amide bonds. The number of rotatable bonds is 9. The maximum Gasteiger partial charge on any atom is 0.370 e. The molecule has 0 saturated heterocycles. The molecule has 0 fully saturated rings. The number of hydrogen-bond acceptors (Lipinski definition) is 7. The van der Waals surface area contributed by atoms with Gasteiger partial charge in [0.05, 0.1) is 5.92 Å². The summed E-state index contributed by atoms with van der Waals surface area (Å²) in [5.41, 5.74) is 5.50. The molecule has 0 rings (SSSR count). The molecule has 0 heterocycles. The molecule has 3 N–H and O–H groups in total. The summed E-state index contributed by atoms with van der Waals surface area (Å²) < 4.78 is 8.64. The topological polar surface area (TPSA) is 116 Å². The van der Waals surface area contributed by atoms with Gasteiger partial charge < -0.3 is 20.3 Å². The van der Waals surface area contributed by atoms with Gasteiger partial charge in [0.2, 0.25) is 6.79 Å². The van der Waals surface area contributed by atoms with Crippen molar-refractivity contribution < 1.29 is 29.0 Å². The summed E-state index contributed by atoms with van der Waals surface area (Å²) in [6, 6.07) is -1.22. The van der Waals surface area contributed by atoms with Gasteiger partial charge in [0.1, 0.15) is 6.04 Å². The molecule has 8 heteroatoms. The van der Waals surface area contributed by atoms with E-state index in [4.69, 9.17) is 20.3 Å². The van der Waals surface area contributed by atoms with Crippen LogP contribution < -0.4 is 5.73 Å². The van der Waals surface area contributed by atoms with Crippen molar-refractivity contribution in [3.63, 3.8) is 0 Å². The molecule has 0 spiro atoms. The van der Waals surface area contributed by atoms with Crippen LogP contribution in [0.2, 0.25) is 0 Å². The number of nitrogens with two attached hydrogens (primary N) is 1. The van der Waals surface area contributed by atoms with E-state index in [1.165, 1.54) is 13.8 Å². The number of carbonyl (C=O) groups excluding carboxylic acids is 2. The van der Waals surface area contributed by atoms with Gasteiger partial charge in [-0.05, 0) is 38.5 Å². The maximum atomic E-state index is 11.7. The normalized spacial score (nSPS) is 14.0. The highest BCUT2D eigenvalue weighted by molar-refractivity contribution is 8.14. The molecule has 2 unspecified atom stereocenters. The second-order valence-corrected chi connectivity index (χ2v) is 6.98. The second-order valence-electron chi connectivity index (χ2n) is 5.39. The fourth-order valence-electron chi connectivity index (χ4n) is 1.70. The lowest BCUT2D eigenvalue weighted by Gasteiger charge is -2.26. The van der Waals surface area contributed by atoms with Crippen molar-refractivity contribution in [3.05, 3.63) is 0 Å². The first-order valence-corrected chi connectivity index (χ1v) is 7.98. The van der Waals surface area contributed by atoms with Crippen LogP contribution in [-0.4, -0.2) is 39.9 Å². The molecule has 22 heavy (non-hydrogen) atoms. The summed E-state index contributed by atoms with van der Waals surface area (Å²) >= 11 is 0.656. The van der Waals surface area contributed by atoms with Crippen molar-refractivity contribution in [3.8, 4) is 0 Å². The zero-order chi connectivity index (χ0) is 17.3. The molecule has 0 aromatic heterocycles. The van der Waals surface area contributed by atoms with E-state index in [1.807, 2.05) is 13.8 Å². The molecule has 0 aliphatic rings. The molecule has 0 bridgehead atoms. The summed E-state index contributed by atoms with van der Waals surface area (Å²) in [6.07, 6.45) is 2.25. The Kier molecular flexibility index (Phi) is 9.12. The Morgan fingerprint density at radius 2 is 1.82 bits per heavy atom. The van der Waals surface area contributed by atoms with E-state index in [0.29, 0.717) is 18.2 Å². The van der Waals surface area contributed by atoms with Gasteiger partial charge in [-0.2, -0.15) is 0 Å². The minimum atomic E-state index is -1.22. The molecule has 0 saturated carbocycles. The van der Waals surface area contributed by atoms with Crippen molar-refractivity contribution in [2.45, 2.75) is 57.7 Å². The van der Waals surface area contributed by atoms with Crippen LogP contribution in [0.25, 0.3) is 0 Å². The standard InChI is InChI=1S/C14H25NO6S/c1-5-7-9(6-2)12(18)20-8-21-13(19)22-14(3,4)10(15)11(16)17/h9-10H,5-8,15H2,1-4H3,(H,16,17). The average Bonchev–Trinajstić information content (AvgIpc) is 2.42. The third-order valence-corrected chi connectivity index (χ3v) is 4.27. The van der Waals surface area contributed by atoms with Crippen LogP contribution in [0, 0.1) is 5.92 Å². The Hall–Kier alpha value is -1.28. The predicted octanol–water partition coefficient (Wildman–Crippen LogP) is 2.37. The predicted molar refractivity (Wildman–Crippen MR) is 83.4 cm³/mol. The largest absolute Gasteiger partial charge is 0.480 e. The summed E-state index contributed by atoms with van der Waals surface area (Å²) in [5, 5.41) is 8.12. The minimum Gasteiger partial charge on any atom is -0.480 e. The smallest absolute Gasteiger partial charge is 0.370 e. The minimum absolute atomic E-state index is 0.201. The van der Waals surface area contributed by atoms with Crippen LogP contribution in [0.5, 0.6) is 0 Å². The van der Waals surface area contributed by atoms with E-state index in [2.05, 4.69) is 0 Å². The van der Waals surface area contributed by atoms with Gasteiger partial charge in [-0.25, -0.2) is 4.79 Å². The zero-order valence-corrected chi connectivity index (χ0v) is 14.3. The van der Waals surface area contributed by atoms with Crippen molar-refractivity contribution in [2.24, 2.45) is 11.7 Å². The third kappa shape index (κ3) is 7.13. The van der Waals surface area contributed by atoms with Crippen molar-refractivity contribution in [1.29, 1.82) is 0 Å². The summed E-state index contributed by atoms with van der Waals surface area (Å²) in [5.74, 6) is -1.81. The quantitative estimate of drug-likeness (QED) is 0.487. The van der Waals surface area contributed by atoms with Gasteiger partial charge in [0.15, 0.2) is 0 Å². The highest BCUT2D eigenvalue weighted by atomic mass is 32.2. The van der Waals surface area contributed by atoms with E-state index >= 15 is 0 Å². The Bertz CT molecular complexity index is 399. The summed E-state index contributed by atoms with van der Waals surface area (Å²) in [4.78, 5) is 34.2. The number of esters is 1. The second kappa shape index (κ2) is 9.68. The highest BCUT2D eigenvalue weighted by Gasteiger charge is 2.35. The van der Waals surface area contributed by atoms with Crippen molar-refractivity contribution in [1.82, 2.24) is 0 Å². The number of carboxylic acids is 1. The van der Waals surface area contributed by atoms with E-state index in [9.17, 15) is 14.4 Å². The van der Waals surface area contributed by atoms with Crippen LogP contribution in [0.4, 0.5) is 4.79 Å². The van der Waals surface area contributed by atoms with Gasteiger partial charge in [-0.3, -0.25) is 9.59 Å². The van der Waals surface area contributed by atoms with E-state index in [1.54, 1.807) is 0 Å². The van der Waals surface area contributed by atoms with E-state index in [0.717, 1.165) is 12.8 Å². The molecule has 0 aliphatic heterocycles. The van der Waals surface area contributed by atoms with Crippen molar-refractivity contribution in [2.75, 3.05) is 6.79 Å². The fraction of sp³-hybridized carbons (Fsp3) is 0.786. The van der Waals surface area contributed by atoms with Crippen LogP contribution in [0.1, 0.15) is 47.0 Å². The summed E-state index contributed by atoms with van der Waals surface area (Å²) in [7, 11) is 0. The van der Waals surface area contributed by atoms with Crippen molar-refractivity contribution >= 4 is 29.0 Å². The van der Waals surface area contributed by atoms with Gasteiger partial charge in [-0.1, -0.05) is 20.3 Å². The molecule has 128 valence electrons. The molecular weight excluding hydrogens is 310 g/mol. The van der Waals surface area contributed by atoms with Gasteiger partial charge in [0, 0.05) is 4.75 Å². The number of carbonyl (C=O) groups is 3. The van der Waals surface area contributed by atoms with Crippen LogP contribution in [0.3, 0.4) is 0 Å². The first-order valence-electron chi connectivity index (χ1n) is 7.16. The SMILES string of the molecule is CCCC(CC)C(=O)OCOC(=O)SC(C)(C)C(N)C(=O)O. The first kappa shape index (κ1) is 20.7. The molecule has 0 radical (unpaired) electrons. The Morgan fingerprint density at radius 1 is 1.23 bits per heavy atom. The molecule has 0 aromatic rings. The van der Waals surface area contributed by atoms with Gasteiger partial charge >= 0.3 is 17.2 Å². The lowest BCUT2D eigenvalue weighted by Crippen LogP contribution is -2.47. The summed E-state index contributed by atoms with van der Waals surface area (Å²) in [6.45, 7) is 6.43. The first-order chi connectivity index (χ1) is 10.2. The molecule has 2 atom stereocenters. The zero-order valence-electron chi connectivity index (χ0n) is 13.5. The lowest BCUT2D eigenvalue weighted by molar-refractivity contribution is -0.156. The fourth-order valence-corrected chi connectivity index (χ4v) is 2.46. The lowest BCUT2D eigenvalue weighted by atomic mass is 10.0. The Morgan fingerprint density at radius 3 is 2.27 bits per heavy atom. The number of aliphatic carboxylic acids is 1. The number of hydrogen-bond donors (Lipinski definition) is 2. The molecule has 0 aromatic carbocycles. The Balaban J connectivity index is 4.24. The molecule has 0 aliphatic carbocycles. The van der Waals surface area contributed by atoms with Gasteiger partial charge in [-0.15, -0.1) is 0 Å². The monoisotopic (exact) mass is 335 g/mol. The highest BCUT2D eigenvalue weighted by Crippen LogP contribution is 2.29. The molecule has 7 nitrogen and oxygen atoms in total. The third-order valence-electron chi connectivity index (χ3n) is 3.20. The van der Waals surface area contributed by atoms with Crippen LogP contribution in [0.15, 0.2) is 0 Å². The van der Waals surface area contributed by atoms with Crippen LogP contribution >= 0.6 is 11.8 Å². The Labute approximate surface area is 134 Å². The number of thioether (sulfide) groups is 1. The van der Waals surface area contributed by atoms with Crippen LogP contribution in [-0.2, 0) is 19.1 Å². The average molecular weight is 335 g/mol.